The maximum atomic E-state index is 10.3. The van der Waals surface area contributed by atoms with Crippen LogP contribution in [0.1, 0.15) is 26.0 Å². The van der Waals surface area contributed by atoms with Gasteiger partial charge in [0.15, 0.2) is 0 Å². The molecule has 0 fully saturated rings. The standard InChI is InChI=1S/C15H25N3O/c1-3-17(4-2)11-13(19)12-18-10-6-7-14-15(18)8-5-9-16-14/h5,8-9,13,19H,3-4,6-7,10-12H2,1-2H3/t13-/m1/s1. The molecule has 2 rings (SSSR count). The van der Waals surface area contributed by atoms with Crippen molar-refractivity contribution in [2.45, 2.75) is 32.8 Å². The Hall–Kier alpha value is -1.13. The lowest BCUT2D eigenvalue weighted by molar-refractivity contribution is 0.122. The van der Waals surface area contributed by atoms with E-state index in [0.29, 0.717) is 6.54 Å². The number of rotatable bonds is 6. The van der Waals surface area contributed by atoms with E-state index in [1.807, 2.05) is 12.3 Å². The molecule has 1 N–H and O–H groups in total. The molecule has 106 valence electrons. The lowest BCUT2D eigenvalue weighted by Gasteiger charge is -2.33. The largest absolute Gasteiger partial charge is 0.390 e. The minimum absolute atomic E-state index is 0.300. The van der Waals surface area contributed by atoms with E-state index in [1.54, 1.807) is 0 Å². The highest BCUT2D eigenvalue weighted by Crippen LogP contribution is 2.24. The zero-order valence-corrected chi connectivity index (χ0v) is 12.0. The first-order valence-electron chi connectivity index (χ1n) is 7.33. The van der Waals surface area contributed by atoms with Gasteiger partial charge in [-0.3, -0.25) is 4.98 Å². The van der Waals surface area contributed by atoms with Crippen LogP contribution in [0.4, 0.5) is 5.69 Å². The number of nitrogens with zero attached hydrogens (tertiary/aromatic N) is 3. The van der Waals surface area contributed by atoms with Gasteiger partial charge in [-0.05, 0) is 38.1 Å². The van der Waals surface area contributed by atoms with Crippen LogP contribution in [0, 0.1) is 0 Å². The Bertz CT molecular complexity index is 393. The van der Waals surface area contributed by atoms with Crippen LogP contribution in [0.2, 0.25) is 0 Å². The summed E-state index contributed by atoms with van der Waals surface area (Å²) in [5, 5.41) is 10.3. The summed E-state index contributed by atoms with van der Waals surface area (Å²) in [5.74, 6) is 0. The van der Waals surface area contributed by atoms with E-state index >= 15 is 0 Å². The van der Waals surface area contributed by atoms with Crippen LogP contribution in [0.25, 0.3) is 0 Å². The second-order valence-corrected chi connectivity index (χ2v) is 5.16. The molecule has 1 aliphatic heterocycles. The number of pyridine rings is 1. The number of aliphatic hydroxyl groups excluding tert-OH is 1. The van der Waals surface area contributed by atoms with Gasteiger partial charge in [0.2, 0.25) is 0 Å². The molecule has 0 unspecified atom stereocenters. The highest BCUT2D eigenvalue weighted by atomic mass is 16.3. The third kappa shape index (κ3) is 3.67. The van der Waals surface area contributed by atoms with Gasteiger partial charge >= 0.3 is 0 Å². The fourth-order valence-electron chi connectivity index (χ4n) is 2.75. The number of likely N-dealkylation sites (N-methyl/N-ethyl adjacent to an activating group) is 1. The number of β-amino-alcohol motifs (C(OH)–C–C–N with tert-alkyl or cyclic N) is 1. The van der Waals surface area contributed by atoms with Crippen LogP contribution in [0.3, 0.4) is 0 Å². The first-order valence-corrected chi connectivity index (χ1v) is 7.33. The summed E-state index contributed by atoms with van der Waals surface area (Å²) in [6, 6.07) is 4.10. The number of hydrogen-bond donors (Lipinski definition) is 1. The van der Waals surface area contributed by atoms with Gasteiger partial charge in [-0.2, -0.15) is 0 Å². The number of aliphatic hydroxyl groups is 1. The molecule has 2 heterocycles. The van der Waals surface area contributed by atoms with Gasteiger partial charge in [-0.15, -0.1) is 0 Å². The summed E-state index contributed by atoms with van der Waals surface area (Å²) in [4.78, 5) is 8.98. The zero-order chi connectivity index (χ0) is 13.7. The molecule has 19 heavy (non-hydrogen) atoms. The van der Waals surface area contributed by atoms with Crippen molar-refractivity contribution in [3.63, 3.8) is 0 Å². The Morgan fingerprint density at radius 3 is 2.95 bits per heavy atom. The van der Waals surface area contributed by atoms with Crippen molar-refractivity contribution in [2.75, 3.05) is 37.6 Å². The predicted molar refractivity (Wildman–Crippen MR) is 78.6 cm³/mol. The minimum Gasteiger partial charge on any atom is -0.390 e. The van der Waals surface area contributed by atoms with Crippen LogP contribution in [-0.4, -0.2) is 53.8 Å². The molecule has 0 radical (unpaired) electrons. The molecule has 4 heteroatoms. The fourth-order valence-corrected chi connectivity index (χ4v) is 2.75. The smallest absolute Gasteiger partial charge is 0.0841 e. The molecule has 0 aliphatic carbocycles. The maximum Gasteiger partial charge on any atom is 0.0841 e. The Balaban J connectivity index is 1.96. The van der Waals surface area contributed by atoms with Crippen molar-refractivity contribution in [3.05, 3.63) is 24.0 Å². The summed E-state index contributed by atoms with van der Waals surface area (Å²) < 4.78 is 0. The summed E-state index contributed by atoms with van der Waals surface area (Å²) >= 11 is 0. The first kappa shape index (κ1) is 14.3. The van der Waals surface area contributed by atoms with Gasteiger partial charge in [0.1, 0.15) is 0 Å². The normalized spacial score (nSPS) is 16.5. The Morgan fingerprint density at radius 1 is 1.42 bits per heavy atom. The topological polar surface area (TPSA) is 39.6 Å². The first-order chi connectivity index (χ1) is 9.24. The molecule has 1 atom stereocenters. The van der Waals surface area contributed by atoms with E-state index in [9.17, 15) is 5.11 Å². The molecule has 0 bridgehead atoms. The van der Waals surface area contributed by atoms with Crippen molar-refractivity contribution in [1.82, 2.24) is 9.88 Å². The summed E-state index contributed by atoms with van der Waals surface area (Å²) in [7, 11) is 0. The van der Waals surface area contributed by atoms with E-state index < -0.39 is 0 Å². The number of aromatic nitrogens is 1. The number of aryl methyl sites for hydroxylation is 1. The van der Waals surface area contributed by atoms with Crippen molar-refractivity contribution >= 4 is 5.69 Å². The number of anilines is 1. The molecule has 1 aromatic heterocycles. The molecule has 1 aliphatic rings. The van der Waals surface area contributed by atoms with Crippen molar-refractivity contribution < 1.29 is 5.11 Å². The monoisotopic (exact) mass is 263 g/mol. The molecule has 0 aromatic carbocycles. The summed E-state index contributed by atoms with van der Waals surface area (Å²) in [6.07, 6.45) is 3.74. The summed E-state index contributed by atoms with van der Waals surface area (Å²) in [6.45, 7) is 8.73. The number of hydrogen-bond acceptors (Lipinski definition) is 4. The van der Waals surface area contributed by atoms with Gasteiger partial charge in [-0.25, -0.2) is 0 Å². The Morgan fingerprint density at radius 2 is 2.21 bits per heavy atom. The molecule has 4 nitrogen and oxygen atoms in total. The van der Waals surface area contributed by atoms with Gasteiger partial charge in [-0.1, -0.05) is 13.8 Å². The van der Waals surface area contributed by atoms with Gasteiger partial charge in [0.25, 0.3) is 0 Å². The molecule has 1 aromatic rings. The second kappa shape index (κ2) is 6.87. The SMILES string of the molecule is CCN(CC)C[C@@H](O)CN1CCCc2ncccc21. The molecule has 0 amide bonds. The third-order valence-electron chi connectivity index (χ3n) is 3.84. The van der Waals surface area contributed by atoms with Gasteiger partial charge < -0.3 is 14.9 Å². The van der Waals surface area contributed by atoms with Crippen LogP contribution >= 0.6 is 0 Å². The van der Waals surface area contributed by atoms with E-state index in [0.717, 1.165) is 39.0 Å². The van der Waals surface area contributed by atoms with E-state index in [4.69, 9.17) is 0 Å². The van der Waals surface area contributed by atoms with Crippen LogP contribution in [0.15, 0.2) is 18.3 Å². The fraction of sp³-hybridized carbons (Fsp3) is 0.667. The average Bonchev–Trinajstić information content (AvgIpc) is 2.45. The molecule has 0 spiro atoms. The lowest BCUT2D eigenvalue weighted by atomic mass is 10.1. The Labute approximate surface area is 116 Å². The highest BCUT2D eigenvalue weighted by molar-refractivity contribution is 5.52. The average molecular weight is 263 g/mol. The molecule has 0 saturated carbocycles. The van der Waals surface area contributed by atoms with Crippen LogP contribution in [-0.2, 0) is 6.42 Å². The van der Waals surface area contributed by atoms with Crippen LogP contribution < -0.4 is 4.90 Å². The van der Waals surface area contributed by atoms with Crippen molar-refractivity contribution in [1.29, 1.82) is 0 Å². The van der Waals surface area contributed by atoms with E-state index in [-0.39, 0.29) is 6.10 Å². The van der Waals surface area contributed by atoms with Crippen LogP contribution in [0.5, 0.6) is 0 Å². The van der Waals surface area contributed by atoms with Gasteiger partial charge in [0.05, 0.1) is 17.5 Å². The molecular formula is C15H25N3O. The van der Waals surface area contributed by atoms with Crippen molar-refractivity contribution in [3.8, 4) is 0 Å². The van der Waals surface area contributed by atoms with E-state index in [1.165, 1.54) is 11.4 Å². The van der Waals surface area contributed by atoms with Gasteiger partial charge in [0, 0.05) is 25.8 Å². The second-order valence-electron chi connectivity index (χ2n) is 5.16. The quantitative estimate of drug-likeness (QED) is 0.845. The summed E-state index contributed by atoms with van der Waals surface area (Å²) in [5.41, 5.74) is 2.37. The van der Waals surface area contributed by atoms with E-state index in [2.05, 4.69) is 34.7 Å². The predicted octanol–water partition coefficient (Wildman–Crippen LogP) is 1.54. The Kier molecular flexibility index (Phi) is 5.16. The van der Waals surface area contributed by atoms with Crippen molar-refractivity contribution in [2.24, 2.45) is 0 Å². The number of fused-ring (bicyclic) bond motifs is 1. The minimum atomic E-state index is -0.300. The maximum absolute atomic E-state index is 10.3. The highest BCUT2D eigenvalue weighted by Gasteiger charge is 2.20. The lowest BCUT2D eigenvalue weighted by Crippen LogP contribution is -2.42. The molecule has 0 saturated heterocycles. The molecular weight excluding hydrogens is 238 g/mol. The zero-order valence-electron chi connectivity index (χ0n) is 12.0. The third-order valence-corrected chi connectivity index (χ3v) is 3.84.